The SMILES string of the molecule is Cc1cc(C)c(S(=O)(=O)NCCC(=O)OCC(=O)c2cc(C)ccc2C)c(C)c1. The number of carbonyl (C=O) groups excluding carboxylic acids is 2. The molecule has 156 valence electrons. The Morgan fingerprint density at radius 3 is 2.14 bits per heavy atom. The van der Waals surface area contributed by atoms with Gasteiger partial charge in [0.1, 0.15) is 0 Å². The van der Waals surface area contributed by atoms with E-state index in [1.807, 2.05) is 32.9 Å². The molecule has 2 rings (SSSR count). The second-order valence-corrected chi connectivity index (χ2v) is 8.98. The molecule has 2 aromatic carbocycles. The summed E-state index contributed by atoms with van der Waals surface area (Å²) in [6.45, 7) is 8.60. The molecule has 7 heteroatoms. The van der Waals surface area contributed by atoms with E-state index in [1.54, 1.807) is 32.0 Å². The van der Waals surface area contributed by atoms with E-state index in [-0.39, 0.29) is 30.3 Å². The number of esters is 1. The van der Waals surface area contributed by atoms with E-state index in [0.717, 1.165) is 16.7 Å². The maximum absolute atomic E-state index is 12.6. The Bertz CT molecular complexity index is 1020. The summed E-state index contributed by atoms with van der Waals surface area (Å²) in [6, 6.07) is 9.10. The molecule has 0 saturated heterocycles. The van der Waals surface area contributed by atoms with Crippen molar-refractivity contribution in [3.05, 3.63) is 63.7 Å². The lowest BCUT2D eigenvalue weighted by molar-refractivity contribution is -0.142. The Morgan fingerprint density at radius 1 is 0.897 bits per heavy atom. The van der Waals surface area contributed by atoms with E-state index >= 15 is 0 Å². The minimum atomic E-state index is -3.74. The molecule has 0 aliphatic rings. The van der Waals surface area contributed by atoms with Crippen LogP contribution in [0.5, 0.6) is 0 Å². The molecular formula is C22H27NO5S. The van der Waals surface area contributed by atoms with Crippen LogP contribution in [0.4, 0.5) is 0 Å². The van der Waals surface area contributed by atoms with E-state index < -0.39 is 16.0 Å². The number of hydrogen-bond acceptors (Lipinski definition) is 5. The second-order valence-electron chi connectivity index (χ2n) is 7.28. The van der Waals surface area contributed by atoms with Crippen LogP contribution in [0.3, 0.4) is 0 Å². The number of ketones is 1. The highest BCUT2D eigenvalue weighted by Crippen LogP contribution is 2.21. The van der Waals surface area contributed by atoms with E-state index in [9.17, 15) is 18.0 Å². The van der Waals surface area contributed by atoms with Crippen LogP contribution >= 0.6 is 0 Å². The number of sulfonamides is 1. The van der Waals surface area contributed by atoms with Crippen molar-refractivity contribution in [2.24, 2.45) is 0 Å². The van der Waals surface area contributed by atoms with Gasteiger partial charge in [-0.05, 0) is 57.4 Å². The fourth-order valence-corrected chi connectivity index (χ4v) is 4.76. The summed E-state index contributed by atoms with van der Waals surface area (Å²) in [4.78, 5) is 24.4. The molecule has 6 nitrogen and oxygen atoms in total. The Morgan fingerprint density at radius 2 is 1.52 bits per heavy atom. The fraction of sp³-hybridized carbons (Fsp3) is 0.364. The van der Waals surface area contributed by atoms with Crippen LogP contribution in [0.2, 0.25) is 0 Å². The van der Waals surface area contributed by atoms with E-state index in [4.69, 9.17) is 4.74 Å². The van der Waals surface area contributed by atoms with Gasteiger partial charge in [-0.2, -0.15) is 0 Å². The number of benzene rings is 2. The highest BCUT2D eigenvalue weighted by atomic mass is 32.2. The van der Waals surface area contributed by atoms with Gasteiger partial charge in [0.05, 0.1) is 11.3 Å². The first kappa shape index (κ1) is 22.8. The average molecular weight is 418 g/mol. The summed E-state index contributed by atoms with van der Waals surface area (Å²) < 4.78 is 32.6. The van der Waals surface area contributed by atoms with Crippen molar-refractivity contribution in [3.8, 4) is 0 Å². The van der Waals surface area contributed by atoms with E-state index in [0.29, 0.717) is 16.7 Å². The van der Waals surface area contributed by atoms with Crippen LogP contribution in [0, 0.1) is 34.6 Å². The maximum Gasteiger partial charge on any atom is 0.307 e. The average Bonchev–Trinajstić information content (AvgIpc) is 2.60. The van der Waals surface area contributed by atoms with Crippen LogP contribution in [0.25, 0.3) is 0 Å². The molecule has 0 heterocycles. The van der Waals surface area contributed by atoms with Gasteiger partial charge in [-0.15, -0.1) is 0 Å². The molecule has 0 radical (unpaired) electrons. The predicted molar refractivity (Wildman–Crippen MR) is 112 cm³/mol. The fourth-order valence-electron chi connectivity index (χ4n) is 3.28. The van der Waals surface area contributed by atoms with Gasteiger partial charge < -0.3 is 4.74 Å². The van der Waals surface area contributed by atoms with Crippen molar-refractivity contribution < 1.29 is 22.7 Å². The van der Waals surface area contributed by atoms with Crippen LogP contribution < -0.4 is 4.72 Å². The zero-order valence-corrected chi connectivity index (χ0v) is 18.3. The van der Waals surface area contributed by atoms with Gasteiger partial charge in [-0.3, -0.25) is 9.59 Å². The number of hydrogen-bond donors (Lipinski definition) is 1. The van der Waals surface area contributed by atoms with Crippen molar-refractivity contribution in [2.75, 3.05) is 13.2 Å². The summed E-state index contributed by atoms with van der Waals surface area (Å²) in [5, 5.41) is 0. The number of rotatable bonds is 8. The summed E-state index contributed by atoms with van der Waals surface area (Å²) in [7, 11) is -3.74. The molecule has 0 bridgehead atoms. The first-order valence-corrected chi connectivity index (χ1v) is 10.8. The highest BCUT2D eigenvalue weighted by molar-refractivity contribution is 7.89. The van der Waals surface area contributed by atoms with Gasteiger partial charge in [0.15, 0.2) is 6.61 Å². The molecule has 0 amide bonds. The third-order valence-electron chi connectivity index (χ3n) is 4.55. The van der Waals surface area contributed by atoms with Crippen molar-refractivity contribution in [1.82, 2.24) is 4.72 Å². The highest BCUT2D eigenvalue weighted by Gasteiger charge is 2.20. The number of nitrogens with one attached hydrogen (secondary N) is 1. The van der Waals surface area contributed by atoms with Gasteiger partial charge in [0, 0.05) is 12.1 Å². The first-order chi connectivity index (χ1) is 13.5. The van der Waals surface area contributed by atoms with Crippen molar-refractivity contribution >= 4 is 21.8 Å². The Kier molecular flexibility index (Phi) is 7.32. The minimum Gasteiger partial charge on any atom is -0.457 e. The van der Waals surface area contributed by atoms with Crippen molar-refractivity contribution in [3.63, 3.8) is 0 Å². The Hall–Kier alpha value is -2.51. The predicted octanol–water partition coefficient (Wildman–Crippen LogP) is 3.32. The standard InChI is InChI=1S/C22H27NO5S/c1-14-6-7-16(3)19(12-14)20(24)13-28-21(25)8-9-23-29(26,27)22-17(4)10-15(2)11-18(22)5/h6-7,10-12,23H,8-9,13H2,1-5H3. The molecule has 1 N–H and O–H groups in total. The summed E-state index contributed by atoms with van der Waals surface area (Å²) in [5.74, 6) is -0.922. The quantitative estimate of drug-likeness (QED) is 0.526. The summed E-state index contributed by atoms with van der Waals surface area (Å²) >= 11 is 0. The van der Waals surface area contributed by atoms with Crippen LogP contribution in [0.1, 0.15) is 44.6 Å². The lowest BCUT2D eigenvalue weighted by Crippen LogP contribution is -2.28. The molecule has 0 aliphatic heterocycles. The lowest BCUT2D eigenvalue weighted by Gasteiger charge is -2.13. The molecule has 29 heavy (non-hydrogen) atoms. The molecule has 0 atom stereocenters. The van der Waals surface area contributed by atoms with Gasteiger partial charge in [-0.1, -0.05) is 35.4 Å². The van der Waals surface area contributed by atoms with Crippen LogP contribution in [-0.2, 0) is 19.6 Å². The lowest BCUT2D eigenvalue weighted by atomic mass is 10.0. The number of aryl methyl sites for hydroxylation is 5. The molecule has 2 aromatic rings. The van der Waals surface area contributed by atoms with Crippen LogP contribution in [0.15, 0.2) is 35.2 Å². The van der Waals surface area contributed by atoms with Gasteiger partial charge in [0.2, 0.25) is 15.8 Å². The summed E-state index contributed by atoms with van der Waals surface area (Å²) in [5.41, 5.74) is 4.56. The third-order valence-corrected chi connectivity index (χ3v) is 6.32. The summed E-state index contributed by atoms with van der Waals surface area (Å²) in [6.07, 6.45) is -0.163. The number of ether oxygens (including phenoxy) is 1. The smallest absolute Gasteiger partial charge is 0.307 e. The number of carbonyl (C=O) groups is 2. The molecule has 0 fully saturated rings. The zero-order chi connectivity index (χ0) is 21.8. The van der Waals surface area contributed by atoms with Crippen molar-refractivity contribution in [2.45, 2.75) is 45.9 Å². The van der Waals surface area contributed by atoms with E-state index in [1.165, 1.54) is 0 Å². The molecule has 0 spiro atoms. The Balaban J connectivity index is 1.90. The second kappa shape index (κ2) is 9.33. The molecule has 0 saturated carbocycles. The normalized spacial score (nSPS) is 11.3. The van der Waals surface area contributed by atoms with E-state index in [2.05, 4.69) is 4.72 Å². The Labute approximate surface area is 172 Å². The van der Waals surface area contributed by atoms with Gasteiger partial charge in [0.25, 0.3) is 0 Å². The molecule has 0 unspecified atom stereocenters. The van der Waals surface area contributed by atoms with Gasteiger partial charge in [-0.25, -0.2) is 13.1 Å². The molecule has 0 aromatic heterocycles. The number of Topliss-reactive ketones (excluding diaryl/α,β-unsaturated/α-hetero) is 1. The zero-order valence-electron chi connectivity index (χ0n) is 17.5. The molecule has 0 aliphatic carbocycles. The third kappa shape index (κ3) is 5.98. The first-order valence-electron chi connectivity index (χ1n) is 9.35. The largest absolute Gasteiger partial charge is 0.457 e. The van der Waals surface area contributed by atoms with Gasteiger partial charge >= 0.3 is 5.97 Å². The minimum absolute atomic E-state index is 0.106. The maximum atomic E-state index is 12.6. The monoisotopic (exact) mass is 417 g/mol. The van der Waals surface area contributed by atoms with Crippen molar-refractivity contribution in [1.29, 1.82) is 0 Å². The van der Waals surface area contributed by atoms with Crippen LogP contribution in [-0.4, -0.2) is 33.3 Å². The molecular weight excluding hydrogens is 390 g/mol. The topological polar surface area (TPSA) is 89.5 Å².